The molecular weight excluding hydrogens is 258 g/mol. The molecule has 21 heavy (non-hydrogen) atoms. The molecule has 1 aromatic carbocycles. The number of rotatable bonds is 2. The number of fused-ring (bicyclic) bond motifs is 2. The molecule has 0 bridgehead atoms. The van der Waals surface area contributed by atoms with E-state index in [2.05, 4.69) is 43.4 Å². The number of nitrogens with one attached hydrogen (secondary N) is 1. The molecule has 1 atom stereocenters. The van der Waals surface area contributed by atoms with Crippen molar-refractivity contribution in [3.8, 4) is 0 Å². The van der Waals surface area contributed by atoms with Gasteiger partial charge in [0.2, 0.25) is 0 Å². The number of hydrogen-bond acceptors (Lipinski definition) is 3. The largest absolute Gasteiger partial charge is 0.311 e. The van der Waals surface area contributed by atoms with Gasteiger partial charge in [0, 0.05) is 12.5 Å². The smallest absolute Gasteiger partial charge is 0.136 e. The standard InChI is InChI=1S/C18H21N3/c1-11(2)17-14-7-8-19-10-16(14)20-18(21-17)15-9-12-5-3-4-6-13(12)15/h3-6,11,15,19H,7-10H2,1-2H3. The van der Waals surface area contributed by atoms with Crippen molar-refractivity contribution in [3.05, 3.63) is 58.2 Å². The highest BCUT2D eigenvalue weighted by molar-refractivity contribution is 5.45. The Hall–Kier alpha value is -1.74. The van der Waals surface area contributed by atoms with Crippen molar-refractivity contribution in [2.45, 2.75) is 45.1 Å². The molecule has 1 unspecified atom stereocenters. The number of aromatic nitrogens is 2. The third kappa shape index (κ3) is 2.07. The zero-order valence-corrected chi connectivity index (χ0v) is 12.7. The van der Waals surface area contributed by atoms with Crippen molar-refractivity contribution in [3.63, 3.8) is 0 Å². The van der Waals surface area contributed by atoms with Gasteiger partial charge in [-0.25, -0.2) is 9.97 Å². The van der Waals surface area contributed by atoms with Crippen molar-refractivity contribution < 1.29 is 0 Å². The van der Waals surface area contributed by atoms with E-state index >= 15 is 0 Å². The SMILES string of the molecule is CC(C)c1nc(C2Cc3ccccc32)nc2c1CCNC2. The summed E-state index contributed by atoms with van der Waals surface area (Å²) in [4.78, 5) is 9.87. The molecule has 2 aliphatic rings. The summed E-state index contributed by atoms with van der Waals surface area (Å²) >= 11 is 0. The molecule has 0 saturated carbocycles. The van der Waals surface area contributed by atoms with Crippen LogP contribution in [0.4, 0.5) is 0 Å². The van der Waals surface area contributed by atoms with E-state index in [0.29, 0.717) is 11.8 Å². The summed E-state index contributed by atoms with van der Waals surface area (Å²) in [6.45, 7) is 6.41. The number of benzene rings is 1. The molecule has 2 heterocycles. The van der Waals surface area contributed by atoms with Gasteiger partial charge in [-0.15, -0.1) is 0 Å². The Morgan fingerprint density at radius 2 is 2.05 bits per heavy atom. The topological polar surface area (TPSA) is 37.8 Å². The summed E-state index contributed by atoms with van der Waals surface area (Å²) in [6, 6.07) is 8.68. The lowest BCUT2D eigenvalue weighted by molar-refractivity contribution is 0.578. The first-order chi connectivity index (χ1) is 10.2. The number of nitrogens with zero attached hydrogens (tertiary/aromatic N) is 2. The molecule has 0 amide bonds. The minimum atomic E-state index is 0.394. The van der Waals surface area contributed by atoms with E-state index in [-0.39, 0.29) is 0 Å². The van der Waals surface area contributed by atoms with Crippen molar-refractivity contribution in [2.75, 3.05) is 6.54 Å². The Morgan fingerprint density at radius 1 is 1.19 bits per heavy atom. The van der Waals surface area contributed by atoms with Crippen molar-refractivity contribution in [1.82, 2.24) is 15.3 Å². The molecule has 0 radical (unpaired) electrons. The van der Waals surface area contributed by atoms with E-state index in [1.165, 1.54) is 28.1 Å². The van der Waals surface area contributed by atoms with Gasteiger partial charge in [0.25, 0.3) is 0 Å². The third-order valence-corrected chi connectivity index (χ3v) is 4.70. The lowest BCUT2D eigenvalue weighted by Gasteiger charge is -2.31. The summed E-state index contributed by atoms with van der Waals surface area (Å²) in [5, 5.41) is 3.44. The molecule has 1 aliphatic carbocycles. The Balaban J connectivity index is 1.79. The predicted octanol–water partition coefficient (Wildman–Crippen LogP) is 2.93. The highest BCUT2D eigenvalue weighted by atomic mass is 15.0. The third-order valence-electron chi connectivity index (χ3n) is 4.70. The van der Waals surface area contributed by atoms with Crippen LogP contribution in [0.1, 0.15) is 59.6 Å². The maximum Gasteiger partial charge on any atom is 0.136 e. The molecule has 3 nitrogen and oxygen atoms in total. The van der Waals surface area contributed by atoms with Gasteiger partial charge >= 0.3 is 0 Å². The number of hydrogen-bond donors (Lipinski definition) is 1. The fraction of sp³-hybridized carbons (Fsp3) is 0.444. The van der Waals surface area contributed by atoms with E-state index in [1.54, 1.807) is 0 Å². The van der Waals surface area contributed by atoms with E-state index < -0.39 is 0 Å². The fourth-order valence-electron chi connectivity index (χ4n) is 3.53. The second-order valence-electron chi connectivity index (χ2n) is 6.43. The fourth-order valence-corrected chi connectivity index (χ4v) is 3.53. The summed E-state index contributed by atoms with van der Waals surface area (Å²) in [5.74, 6) is 1.89. The maximum absolute atomic E-state index is 4.97. The van der Waals surface area contributed by atoms with Gasteiger partial charge in [0.05, 0.1) is 11.4 Å². The summed E-state index contributed by atoms with van der Waals surface area (Å²) in [5.41, 5.74) is 6.74. The van der Waals surface area contributed by atoms with Crippen LogP contribution in [-0.4, -0.2) is 16.5 Å². The van der Waals surface area contributed by atoms with Crippen molar-refractivity contribution in [2.24, 2.45) is 0 Å². The van der Waals surface area contributed by atoms with Crippen LogP contribution in [0.15, 0.2) is 24.3 Å². The zero-order valence-electron chi connectivity index (χ0n) is 12.7. The molecule has 108 valence electrons. The first kappa shape index (κ1) is 13.0. The van der Waals surface area contributed by atoms with Crippen LogP contribution in [0.5, 0.6) is 0 Å². The molecule has 1 N–H and O–H groups in total. The van der Waals surface area contributed by atoms with E-state index in [1.807, 2.05) is 0 Å². The zero-order chi connectivity index (χ0) is 14.4. The highest BCUT2D eigenvalue weighted by Gasteiger charge is 2.31. The lowest BCUT2D eigenvalue weighted by atomic mass is 9.77. The van der Waals surface area contributed by atoms with Crippen molar-refractivity contribution in [1.29, 1.82) is 0 Å². The minimum absolute atomic E-state index is 0.394. The van der Waals surface area contributed by atoms with E-state index in [9.17, 15) is 0 Å². The van der Waals surface area contributed by atoms with E-state index in [0.717, 1.165) is 31.8 Å². The van der Waals surface area contributed by atoms with Crippen LogP contribution in [0.2, 0.25) is 0 Å². The Morgan fingerprint density at radius 3 is 2.86 bits per heavy atom. The Labute approximate surface area is 125 Å². The van der Waals surface area contributed by atoms with Gasteiger partial charge < -0.3 is 5.32 Å². The average molecular weight is 279 g/mol. The van der Waals surface area contributed by atoms with E-state index in [4.69, 9.17) is 9.97 Å². The molecule has 2 aromatic rings. The Bertz CT molecular complexity index is 691. The van der Waals surface area contributed by atoms with Crippen LogP contribution in [0.3, 0.4) is 0 Å². The van der Waals surface area contributed by atoms with Crippen LogP contribution in [-0.2, 0) is 19.4 Å². The second kappa shape index (κ2) is 4.92. The molecule has 4 rings (SSSR count). The van der Waals surface area contributed by atoms with Crippen LogP contribution in [0, 0.1) is 0 Å². The summed E-state index contributed by atoms with van der Waals surface area (Å²) in [6.07, 6.45) is 2.14. The van der Waals surface area contributed by atoms with Gasteiger partial charge in [-0.3, -0.25) is 0 Å². The Kier molecular flexibility index (Phi) is 3.03. The molecule has 1 aliphatic heterocycles. The second-order valence-corrected chi connectivity index (χ2v) is 6.43. The predicted molar refractivity (Wildman–Crippen MR) is 83.5 cm³/mol. The van der Waals surface area contributed by atoms with Gasteiger partial charge in [0.1, 0.15) is 5.82 Å². The molecule has 1 aromatic heterocycles. The van der Waals surface area contributed by atoms with Gasteiger partial charge in [-0.1, -0.05) is 38.1 Å². The van der Waals surface area contributed by atoms with Crippen LogP contribution < -0.4 is 5.32 Å². The monoisotopic (exact) mass is 279 g/mol. The minimum Gasteiger partial charge on any atom is -0.311 e. The van der Waals surface area contributed by atoms with Gasteiger partial charge in [-0.05, 0) is 42.0 Å². The maximum atomic E-state index is 4.97. The first-order valence-corrected chi connectivity index (χ1v) is 7.92. The van der Waals surface area contributed by atoms with Gasteiger partial charge in [0.15, 0.2) is 0 Å². The molecule has 3 heteroatoms. The molecule has 0 spiro atoms. The average Bonchev–Trinajstić information content (AvgIpc) is 2.47. The van der Waals surface area contributed by atoms with Crippen molar-refractivity contribution >= 4 is 0 Å². The quantitative estimate of drug-likeness (QED) is 0.918. The summed E-state index contributed by atoms with van der Waals surface area (Å²) < 4.78 is 0. The lowest BCUT2D eigenvalue weighted by Crippen LogP contribution is -2.29. The van der Waals surface area contributed by atoms with Gasteiger partial charge in [-0.2, -0.15) is 0 Å². The summed E-state index contributed by atoms with van der Waals surface area (Å²) in [7, 11) is 0. The normalized spacial score (nSPS) is 19.9. The van der Waals surface area contributed by atoms with Crippen LogP contribution in [0.25, 0.3) is 0 Å². The first-order valence-electron chi connectivity index (χ1n) is 7.92. The van der Waals surface area contributed by atoms with Crippen LogP contribution >= 0.6 is 0 Å². The molecular formula is C18H21N3. The molecule has 0 saturated heterocycles. The molecule has 0 fully saturated rings. The highest BCUT2D eigenvalue weighted by Crippen LogP contribution is 2.39.